The quantitative estimate of drug-likeness (QED) is 0.483. The van der Waals surface area contributed by atoms with Crippen molar-refractivity contribution >= 4 is 23.3 Å². The van der Waals surface area contributed by atoms with Crippen molar-refractivity contribution in [3.05, 3.63) is 69.3 Å². The van der Waals surface area contributed by atoms with Crippen molar-refractivity contribution in [2.24, 2.45) is 0 Å². The molecular weight excluding hydrogens is 362 g/mol. The molecule has 0 aliphatic carbocycles. The van der Waals surface area contributed by atoms with Gasteiger partial charge in [-0.1, -0.05) is 30.3 Å². The molecule has 3 rings (SSSR count). The smallest absolute Gasteiger partial charge is 0.323 e. The van der Waals surface area contributed by atoms with Gasteiger partial charge in [-0.15, -0.1) is 0 Å². The van der Waals surface area contributed by atoms with Crippen molar-refractivity contribution in [1.29, 1.82) is 0 Å². The summed E-state index contributed by atoms with van der Waals surface area (Å²) in [6, 6.07) is 11.5. The number of hydrogen-bond donors (Lipinski definition) is 1. The molecule has 0 spiro atoms. The Morgan fingerprint density at radius 3 is 2.64 bits per heavy atom. The van der Waals surface area contributed by atoms with Gasteiger partial charge in [-0.05, 0) is 30.0 Å². The maximum Gasteiger partial charge on any atom is 0.323 e. The number of ether oxygens (including phenoxy) is 1. The average molecular weight is 383 g/mol. The number of carbonyl (C=O) groups excluding carboxylic acids is 2. The van der Waals surface area contributed by atoms with Gasteiger partial charge in [0.05, 0.1) is 24.3 Å². The van der Waals surface area contributed by atoms with Crippen molar-refractivity contribution in [3.8, 4) is 0 Å². The molecule has 0 saturated carbocycles. The Morgan fingerprint density at radius 1 is 1.25 bits per heavy atom. The molecule has 0 fully saturated rings. The second-order valence-corrected chi connectivity index (χ2v) is 6.72. The molecule has 28 heavy (non-hydrogen) atoms. The van der Waals surface area contributed by atoms with Crippen LogP contribution >= 0.6 is 0 Å². The zero-order valence-corrected chi connectivity index (χ0v) is 15.7. The van der Waals surface area contributed by atoms with Gasteiger partial charge < -0.3 is 10.1 Å². The van der Waals surface area contributed by atoms with Crippen LogP contribution in [0.2, 0.25) is 0 Å². The Hall–Kier alpha value is -3.26. The normalized spacial score (nSPS) is 16.1. The van der Waals surface area contributed by atoms with Gasteiger partial charge in [0.1, 0.15) is 6.04 Å². The Morgan fingerprint density at radius 2 is 1.96 bits per heavy atom. The van der Waals surface area contributed by atoms with E-state index in [2.05, 4.69) is 5.32 Å². The van der Waals surface area contributed by atoms with Gasteiger partial charge in [0.2, 0.25) is 5.91 Å². The molecule has 1 aliphatic rings. The van der Waals surface area contributed by atoms with E-state index in [1.807, 2.05) is 24.3 Å². The fourth-order valence-electron chi connectivity index (χ4n) is 3.34. The molecule has 0 aromatic heterocycles. The number of non-ortho nitro benzene ring substituents is 1. The summed E-state index contributed by atoms with van der Waals surface area (Å²) in [5.74, 6) is -0.745. The van der Waals surface area contributed by atoms with Gasteiger partial charge in [-0.2, -0.15) is 0 Å². The molecule has 8 nitrogen and oxygen atoms in total. The first-order valence-corrected chi connectivity index (χ1v) is 8.82. The van der Waals surface area contributed by atoms with E-state index >= 15 is 0 Å². The summed E-state index contributed by atoms with van der Waals surface area (Å²) >= 11 is 0. The number of nitro groups is 1. The fourth-order valence-corrected chi connectivity index (χ4v) is 3.34. The highest BCUT2D eigenvalue weighted by atomic mass is 16.6. The van der Waals surface area contributed by atoms with Crippen LogP contribution in [0.25, 0.3) is 0 Å². The van der Waals surface area contributed by atoms with Crippen LogP contribution in [0, 0.1) is 17.0 Å². The highest BCUT2D eigenvalue weighted by Crippen LogP contribution is 2.25. The first-order valence-electron chi connectivity index (χ1n) is 8.82. The Kier molecular flexibility index (Phi) is 5.70. The molecule has 1 amide bonds. The molecular formula is C20H21N3O5. The number of methoxy groups -OCH3 is 1. The van der Waals surface area contributed by atoms with Crippen LogP contribution in [0.15, 0.2) is 42.5 Å². The molecule has 0 radical (unpaired) electrons. The van der Waals surface area contributed by atoms with Crippen molar-refractivity contribution < 1.29 is 19.2 Å². The number of benzene rings is 2. The van der Waals surface area contributed by atoms with E-state index in [1.165, 1.54) is 19.2 Å². The van der Waals surface area contributed by atoms with E-state index in [0.717, 1.165) is 11.1 Å². The van der Waals surface area contributed by atoms with Crippen molar-refractivity contribution in [3.63, 3.8) is 0 Å². The third kappa shape index (κ3) is 4.17. The number of rotatable bonds is 5. The van der Waals surface area contributed by atoms with Gasteiger partial charge in [0, 0.05) is 18.7 Å². The lowest BCUT2D eigenvalue weighted by Crippen LogP contribution is -2.49. The summed E-state index contributed by atoms with van der Waals surface area (Å²) in [5.41, 5.74) is 3.12. The number of amides is 1. The van der Waals surface area contributed by atoms with Gasteiger partial charge in [0.25, 0.3) is 5.69 Å². The molecule has 146 valence electrons. The average Bonchev–Trinajstić information content (AvgIpc) is 2.68. The van der Waals surface area contributed by atoms with E-state index in [-0.39, 0.29) is 18.1 Å². The lowest BCUT2D eigenvalue weighted by atomic mass is 9.94. The maximum atomic E-state index is 12.6. The number of carbonyl (C=O) groups is 2. The number of nitro benzene ring substituents is 1. The van der Waals surface area contributed by atoms with Crippen molar-refractivity contribution in [2.45, 2.75) is 25.9 Å². The minimum Gasteiger partial charge on any atom is -0.468 e. The summed E-state index contributed by atoms with van der Waals surface area (Å²) in [6.45, 7) is 2.17. The van der Waals surface area contributed by atoms with E-state index < -0.39 is 16.9 Å². The number of hydrogen-bond acceptors (Lipinski definition) is 6. The second-order valence-electron chi connectivity index (χ2n) is 6.72. The van der Waals surface area contributed by atoms with Crippen LogP contribution in [0.3, 0.4) is 0 Å². The van der Waals surface area contributed by atoms with E-state index in [0.29, 0.717) is 24.2 Å². The van der Waals surface area contributed by atoms with E-state index in [9.17, 15) is 19.7 Å². The number of fused-ring (bicyclic) bond motifs is 1. The predicted molar refractivity (Wildman–Crippen MR) is 103 cm³/mol. The number of nitrogens with one attached hydrogen (secondary N) is 1. The van der Waals surface area contributed by atoms with Gasteiger partial charge >= 0.3 is 5.97 Å². The molecule has 2 aromatic carbocycles. The standard InChI is InChI=1S/C20H21N3O5/c1-13-7-8-16(23(26)27)10-17(13)21-19(24)12-22-11-15-6-4-3-5-14(15)9-18(22)20(25)28-2/h3-8,10,18H,9,11-12H2,1-2H3,(H,21,24)/t18-/m0/s1. The molecule has 2 aromatic rings. The largest absolute Gasteiger partial charge is 0.468 e. The lowest BCUT2D eigenvalue weighted by molar-refractivity contribution is -0.384. The van der Waals surface area contributed by atoms with Crippen molar-refractivity contribution in [2.75, 3.05) is 19.0 Å². The van der Waals surface area contributed by atoms with Crippen molar-refractivity contribution in [1.82, 2.24) is 4.90 Å². The number of aryl methyl sites for hydroxylation is 1. The zero-order chi connectivity index (χ0) is 20.3. The van der Waals surface area contributed by atoms with Crippen LogP contribution < -0.4 is 5.32 Å². The minimum atomic E-state index is -0.558. The Balaban J connectivity index is 1.77. The molecule has 0 unspecified atom stereocenters. The third-order valence-corrected chi connectivity index (χ3v) is 4.87. The first kappa shape index (κ1) is 19.5. The maximum absolute atomic E-state index is 12.6. The Labute approximate surface area is 162 Å². The molecule has 0 bridgehead atoms. The van der Waals surface area contributed by atoms with Gasteiger partial charge in [-0.3, -0.25) is 24.6 Å². The summed E-state index contributed by atoms with van der Waals surface area (Å²) in [7, 11) is 1.33. The Bertz CT molecular complexity index is 928. The lowest BCUT2D eigenvalue weighted by Gasteiger charge is -2.34. The van der Waals surface area contributed by atoms with Crippen LogP contribution in [0.1, 0.15) is 16.7 Å². The topological polar surface area (TPSA) is 102 Å². The van der Waals surface area contributed by atoms with E-state index in [4.69, 9.17) is 4.74 Å². The molecule has 1 atom stereocenters. The fraction of sp³-hybridized carbons (Fsp3) is 0.300. The predicted octanol–water partition coefficient (Wildman–Crippen LogP) is 2.44. The van der Waals surface area contributed by atoms with Gasteiger partial charge in [-0.25, -0.2) is 0 Å². The summed E-state index contributed by atoms with van der Waals surface area (Å²) < 4.78 is 4.91. The SMILES string of the molecule is COC(=O)[C@@H]1Cc2ccccc2CN1CC(=O)Nc1cc([N+](=O)[O-])ccc1C. The molecule has 1 aliphatic heterocycles. The number of anilines is 1. The molecule has 0 saturated heterocycles. The number of nitrogens with zero attached hydrogens (tertiary/aromatic N) is 2. The van der Waals surface area contributed by atoms with Gasteiger partial charge in [0.15, 0.2) is 0 Å². The molecule has 8 heteroatoms. The van der Waals surface area contributed by atoms with Crippen LogP contribution in [-0.4, -0.2) is 41.4 Å². The molecule has 1 N–H and O–H groups in total. The summed E-state index contributed by atoms with van der Waals surface area (Å²) in [4.78, 5) is 37.1. The van der Waals surface area contributed by atoms with Crippen LogP contribution in [0.5, 0.6) is 0 Å². The zero-order valence-electron chi connectivity index (χ0n) is 15.7. The van der Waals surface area contributed by atoms with E-state index in [1.54, 1.807) is 17.9 Å². The summed E-state index contributed by atoms with van der Waals surface area (Å²) in [6.07, 6.45) is 0.464. The second kappa shape index (κ2) is 8.18. The number of esters is 1. The third-order valence-electron chi connectivity index (χ3n) is 4.87. The first-order chi connectivity index (χ1) is 13.4. The monoisotopic (exact) mass is 383 g/mol. The summed E-state index contributed by atoms with van der Waals surface area (Å²) in [5, 5.41) is 13.7. The molecule has 1 heterocycles. The minimum absolute atomic E-state index is 0.0315. The van der Waals surface area contributed by atoms with Crippen LogP contribution in [-0.2, 0) is 27.3 Å². The van der Waals surface area contributed by atoms with Crippen LogP contribution in [0.4, 0.5) is 11.4 Å². The highest BCUT2D eigenvalue weighted by Gasteiger charge is 2.33. The highest BCUT2D eigenvalue weighted by molar-refractivity contribution is 5.93.